The van der Waals surface area contributed by atoms with Gasteiger partial charge in [-0.3, -0.25) is 5.43 Å². The molecule has 0 atom stereocenters. The topological polar surface area (TPSA) is 39.7 Å². The van der Waals surface area contributed by atoms with Crippen LogP contribution in [0.25, 0.3) is 0 Å². The van der Waals surface area contributed by atoms with Crippen LogP contribution in [0, 0.1) is 0 Å². The van der Waals surface area contributed by atoms with Crippen molar-refractivity contribution in [2.45, 2.75) is 13.8 Å². The monoisotopic (exact) mass is 176 g/mol. The van der Waals surface area contributed by atoms with Crippen molar-refractivity contribution in [3.05, 3.63) is 11.4 Å². The average molecular weight is 176 g/mol. The lowest BCUT2D eigenvalue weighted by molar-refractivity contribution is -0.0214. The van der Waals surface area contributed by atoms with Crippen LogP contribution in [0.4, 0.5) is 8.87 Å². The van der Waals surface area contributed by atoms with E-state index in [2.05, 4.69) is 15.8 Å². The summed E-state index contributed by atoms with van der Waals surface area (Å²) in [5.74, 6) is -0.851. The molecule has 0 aromatic rings. The standard InChI is InChI=1S/C6H10F2N4/c1-3-9-5-4(2)10-12(8)11-6(5)7/h9-10H,3H2,1-2H3. The van der Waals surface area contributed by atoms with Gasteiger partial charge in [0.2, 0.25) is 0 Å². The van der Waals surface area contributed by atoms with E-state index in [-0.39, 0.29) is 11.0 Å². The van der Waals surface area contributed by atoms with Crippen molar-refractivity contribution in [1.82, 2.24) is 16.1 Å². The fourth-order valence-electron chi connectivity index (χ4n) is 0.883. The zero-order valence-corrected chi connectivity index (χ0v) is 6.86. The van der Waals surface area contributed by atoms with Gasteiger partial charge in [0.05, 0.1) is 5.70 Å². The van der Waals surface area contributed by atoms with E-state index in [0.29, 0.717) is 12.2 Å². The summed E-state index contributed by atoms with van der Waals surface area (Å²) in [6.45, 7) is 3.93. The van der Waals surface area contributed by atoms with E-state index >= 15 is 0 Å². The molecule has 1 aliphatic heterocycles. The minimum atomic E-state index is -0.851. The fraction of sp³-hybridized carbons (Fsp3) is 0.500. The van der Waals surface area contributed by atoms with Crippen LogP contribution >= 0.6 is 0 Å². The Balaban J connectivity index is 2.82. The quantitative estimate of drug-likeness (QED) is 0.612. The summed E-state index contributed by atoms with van der Waals surface area (Å²) in [7, 11) is 0. The fourth-order valence-corrected chi connectivity index (χ4v) is 0.883. The number of hydrogen-bond acceptors (Lipinski definition) is 4. The first-order valence-corrected chi connectivity index (χ1v) is 3.57. The molecule has 0 aromatic heterocycles. The predicted octanol–water partition coefficient (Wildman–Crippen LogP) is 0.815. The molecular weight excluding hydrogens is 166 g/mol. The van der Waals surface area contributed by atoms with Gasteiger partial charge in [0.1, 0.15) is 5.70 Å². The number of hydrazine groups is 1. The SMILES string of the molecule is CCNC1=C(C)NN(F)N=C1F. The first-order valence-electron chi connectivity index (χ1n) is 3.57. The van der Waals surface area contributed by atoms with Gasteiger partial charge in [-0.25, -0.2) is 0 Å². The summed E-state index contributed by atoms with van der Waals surface area (Å²) < 4.78 is 25.2. The maximum absolute atomic E-state index is 12.8. The molecular formula is C6H10F2N4. The third-order valence-electron chi connectivity index (χ3n) is 1.37. The molecule has 6 heteroatoms. The second-order valence-electron chi connectivity index (χ2n) is 2.29. The number of hydrogen-bond donors (Lipinski definition) is 2. The van der Waals surface area contributed by atoms with E-state index in [1.54, 1.807) is 6.92 Å². The number of rotatable bonds is 2. The summed E-state index contributed by atoms with van der Waals surface area (Å²) in [4.78, 5) is 0. The largest absolute Gasteiger partial charge is 0.380 e. The summed E-state index contributed by atoms with van der Waals surface area (Å²) >= 11 is 0. The normalized spacial score (nSPS) is 17.3. The van der Waals surface area contributed by atoms with Crippen molar-refractivity contribution in [2.75, 3.05) is 6.54 Å². The van der Waals surface area contributed by atoms with E-state index in [1.807, 2.05) is 6.92 Å². The zero-order valence-electron chi connectivity index (χ0n) is 6.86. The second kappa shape index (κ2) is 3.38. The van der Waals surface area contributed by atoms with Gasteiger partial charge >= 0.3 is 0 Å². The first kappa shape index (κ1) is 8.76. The molecule has 0 saturated carbocycles. The molecule has 1 aliphatic rings. The minimum absolute atomic E-state index is 0.161. The highest BCUT2D eigenvalue weighted by atomic mass is 19.2. The van der Waals surface area contributed by atoms with Gasteiger partial charge in [0.25, 0.3) is 5.97 Å². The van der Waals surface area contributed by atoms with Gasteiger partial charge < -0.3 is 5.32 Å². The van der Waals surface area contributed by atoms with E-state index in [1.165, 1.54) is 0 Å². The third kappa shape index (κ3) is 1.63. The van der Waals surface area contributed by atoms with Crippen molar-refractivity contribution >= 4 is 5.97 Å². The lowest BCUT2D eigenvalue weighted by atomic mass is 10.3. The van der Waals surface area contributed by atoms with Gasteiger partial charge in [-0.2, -0.15) is 4.39 Å². The molecule has 0 fully saturated rings. The molecule has 0 amide bonds. The summed E-state index contributed by atoms with van der Waals surface area (Å²) in [6.07, 6.45) is 0. The molecule has 68 valence electrons. The third-order valence-corrected chi connectivity index (χ3v) is 1.37. The van der Waals surface area contributed by atoms with Crippen molar-refractivity contribution in [1.29, 1.82) is 0 Å². The Morgan fingerprint density at radius 2 is 2.33 bits per heavy atom. The highest BCUT2D eigenvalue weighted by Crippen LogP contribution is 2.09. The Morgan fingerprint density at radius 3 is 2.83 bits per heavy atom. The minimum Gasteiger partial charge on any atom is -0.380 e. The van der Waals surface area contributed by atoms with E-state index in [4.69, 9.17) is 0 Å². The second-order valence-corrected chi connectivity index (χ2v) is 2.29. The molecule has 0 radical (unpaired) electrons. The van der Waals surface area contributed by atoms with Crippen LogP contribution in [0.15, 0.2) is 16.5 Å². The van der Waals surface area contributed by atoms with Gasteiger partial charge in [-0.15, -0.1) is 0 Å². The Kier molecular flexibility index (Phi) is 2.47. The summed E-state index contributed by atoms with van der Waals surface area (Å²) in [5, 5.41) is 5.48. The molecule has 2 N–H and O–H groups in total. The van der Waals surface area contributed by atoms with Gasteiger partial charge in [0, 0.05) is 6.54 Å². The molecule has 12 heavy (non-hydrogen) atoms. The van der Waals surface area contributed by atoms with Crippen molar-refractivity contribution in [2.24, 2.45) is 5.10 Å². The smallest absolute Gasteiger partial charge is 0.260 e. The Labute approximate surface area is 68.8 Å². The van der Waals surface area contributed by atoms with Gasteiger partial charge in [0.15, 0.2) is 0 Å². The molecule has 0 spiro atoms. The van der Waals surface area contributed by atoms with Crippen molar-refractivity contribution in [3.63, 3.8) is 0 Å². The molecule has 4 nitrogen and oxygen atoms in total. The van der Waals surface area contributed by atoms with E-state index in [0.717, 1.165) is 0 Å². The Morgan fingerprint density at radius 1 is 1.67 bits per heavy atom. The van der Waals surface area contributed by atoms with E-state index in [9.17, 15) is 8.87 Å². The van der Waals surface area contributed by atoms with Crippen LogP contribution in [0.2, 0.25) is 0 Å². The van der Waals surface area contributed by atoms with Crippen LogP contribution < -0.4 is 10.7 Å². The Hall–Kier alpha value is -1.33. The molecule has 0 aliphatic carbocycles. The van der Waals surface area contributed by atoms with Crippen LogP contribution in [0.5, 0.6) is 0 Å². The number of allylic oxidation sites excluding steroid dienone is 2. The maximum atomic E-state index is 12.8. The van der Waals surface area contributed by atoms with Crippen LogP contribution in [-0.2, 0) is 0 Å². The summed E-state index contributed by atoms with van der Waals surface area (Å²) in [6, 6.07) is 0. The molecule has 0 saturated heterocycles. The highest BCUT2D eigenvalue weighted by molar-refractivity contribution is 5.92. The number of halogens is 2. The maximum Gasteiger partial charge on any atom is 0.260 e. The molecule has 0 bridgehead atoms. The van der Waals surface area contributed by atoms with Crippen LogP contribution in [-0.4, -0.2) is 17.9 Å². The average Bonchev–Trinajstić information content (AvgIpc) is 1.96. The predicted molar refractivity (Wildman–Crippen MR) is 41.0 cm³/mol. The Bertz CT molecular complexity index is 236. The number of nitrogens with zero attached hydrogens (tertiary/aromatic N) is 2. The van der Waals surface area contributed by atoms with E-state index < -0.39 is 5.97 Å². The molecule has 1 rings (SSSR count). The number of nitrogens with one attached hydrogen (secondary N) is 2. The van der Waals surface area contributed by atoms with Crippen LogP contribution in [0.3, 0.4) is 0 Å². The molecule has 1 heterocycles. The molecule has 0 aromatic carbocycles. The van der Waals surface area contributed by atoms with Crippen LogP contribution in [0.1, 0.15) is 13.8 Å². The zero-order chi connectivity index (χ0) is 9.14. The van der Waals surface area contributed by atoms with Gasteiger partial charge in [-0.05, 0) is 19.2 Å². The lowest BCUT2D eigenvalue weighted by Crippen LogP contribution is -2.35. The highest BCUT2D eigenvalue weighted by Gasteiger charge is 2.17. The van der Waals surface area contributed by atoms with Crippen molar-refractivity contribution < 1.29 is 8.87 Å². The van der Waals surface area contributed by atoms with Gasteiger partial charge in [-0.1, -0.05) is 9.58 Å². The van der Waals surface area contributed by atoms with Crippen molar-refractivity contribution in [3.8, 4) is 0 Å². The number of hydrazone groups is 1. The molecule has 0 unspecified atom stereocenters. The summed E-state index contributed by atoms with van der Waals surface area (Å²) in [5.41, 5.74) is 2.77. The first-order chi connectivity index (χ1) is 5.65. The lowest BCUT2D eigenvalue weighted by Gasteiger charge is -2.19.